The number of phenolic OH excluding ortho intramolecular Hbond substituents is 1. The number of hydrogen-bond acceptors (Lipinski definition) is 2. The molecule has 0 saturated carbocycles. The standard InChI is InChI=1S/C11H14N2O/c1-7(12-2)9-6-13-11-8(9)4-3-5-10(11)14/h3-7,12-14H,1-2H3. The van der Waals surface area contributed by atoms with Gasteiger partial charge in [-0.15, -0.1) is 0 Å². The van der Waals surface area contributed by atoms with Crippen molar-refractivity contribution in [1.82, 2.24) is 10.3 Å². The molecule has 3 heteroatoms. The minimum Gasteiger partial charge on any atom is -0.506 e. The summed E-state index contributed by atoms with van der Waals surface area (Å²) in [5.74, 6) is 0.303. The molecule has 0 aliphatic heterocycles. The molecule has 3 N–H and O–H groups in total. The highest BCUT2D eigenvalue weighted by Crippen LogP contribution is 2.29. The van der Waals surface area contributed by atoms with Gasteiger partial charge in [0.15, 0.2) is 0 Å². The number of aromatic nitrogens is 1. The lowest BCUT2D eigenvalue weighted by molar-refractivity contribution is 0.480. The Morgan fingerprint density at radius 3 is 2.93 bits per heavy atom. The summed E-state index contributed by atoms with van der Waals surface area (Å²) in [6, 6.07) is 5.84. The van der Waals surface area contributed by atoms with Gasteiger partial charge in [0.1, 0.15) is 5.75 Å². The van der Waals surface area contributed by atoms with E-state index in [1.165, 1.54) is 5.56 Å². The first-order chi connectivity index (χ1) is 6.74. The molecule has 2 rings (SSSR count). The Bertz CT molecular complexity index is 447. The second-order valence-corrected chi connectivity index (χ2v) is 3.45. The summed E-state index contributed by atoms with van der Waals surface area (Å²) in [4.78, 5) is 3.08. The van der Waals surface area contributed by atoms with Crippen molar-refractivity contribution in [2.45, 2.75) is 13.0 Å². The highest BCUT2D eigenvalue weighted by molar-refractivity contribution is 5.88. The zero-order chi connectivity index (χ0) is 10.1. The zero-order valence-electron chi connectivity index (χ0n) is 8.33. The molecule has 0 aliphatic carbocycles. The molecule has 0 aliphatic rings. The summed E-state index contributed by atoms with van der Waals surface area (Å²) in [6.45, 7) is 2.09. The van der Waals surface area contributed by atoms with Gasteiger partial charge in [-0.05, 0) is 25.6 Å². The quantitative estimate of drug-likeness (QED) is 0.679. The maximum absolute atomic E-state index is 9.59. The highest BCUT2D eigenvalue weighted by atomic mass is 16.3. The first kappa shape index (κ1) is 9.09. The second kappa shape index (κ2) is 3.35. The van der Waals surface area contributed by atoms with Gasteiger partial charge < -0.3 is 15.4 Å². The van der Waals surface area contributed by atoms with Crippen molar-refractivity contribution in [2.75, 3.05) is 7.05 Å². The lowest BCUT2D eigenvalue weighted by atomic mass is 10.1. The Kier molecular flexibility index (Phi) is 2.17. The topological polar surface area (TPSA) is 48.0 Å². The predicted octanol–water partition coefficient (Wildman–Crippen LogP) is 2.15. The molecule has 0 bridgehead atoms. The van der Waals surface area contributed by atoms with Gasteiger partial charge >= 0.3 is 0 Å². The van der Waals surface area contributed by atoms with Crippen LogP contribution < -0.4 is 5.32 Å². The van der Waals surface area contributed by atoms with Gasteiger partial charge in [0.25, 0.3) is 0 Å². The first-order valence-electron chi connectivity index (χ1n) is 4.70. The maximum atomic E-state index is 9.59. The van der Waals surface area contributed by atoms with E-state index in [1.54, 1.807) is 6.07 Å². The third-order valence-electron chi connectivity index (χ3n) is 2.62. The van der Waals surface area contributed by atoms with E-state index in [9.17, 15) is 5.11 Å². The number of aromatic hydroxyl groups is 1. The van der Waals surface area contributed by atoms with Crippen molar-refractivity contribution in [3.8, 4) is 5.75 Å². The number of phenols is 1. The third-order valence-corrected chi connectivity index (χ3v) is 2.62. The number of para-hydroxylation sites is 1. The van der Waals surface area contributed by atoms with Crippen molar-refractivity contribution in [3.05, 3.63) is 30.0 Å². The Balaban J connectivity index is 2.63. The summed E-state index contributed by atoms with van der Waals surface area (Å²) in [7, 11) is 1.92. The highest BCUT2D eigenvalue weighted by Gasteiger charge is 2.10. The number of fused-ring (bicyclic) bond motifs is 1. The fourth-order valence-corrected chi connectivity index (χ4v) is 1.67. The van der Waals surface area contributed by atoms with Gasteiger partial charge in [0, 0.05) is 17.6 Å². The van der Waals surface area contributed by atoms with E-state index in [1.807, 2.05) is 25.4 Å². The van der Waals surface area contributed by atoms with Gasteiger partial charge in [-0.2, -0.15) is 0 Å². The Morgan fingerprint density at radius 1 is 1.43 bits per heavy atom. The fraction of sp³-hybridized carbons (Fsp3) is 0.273. The number of benzene rings is 1. The number of nitrogens with one attached hydrogen (secondary N) is 2. The molecule has 1 heterocycles. The predicted molar refractivity (Wildman–Crippen MR) is 57.4 cm³/mol. The molecule has 14 heavy (non-hydrogen) atoms. The van der Waals surface area contributed by atoms with Crippen LogP contribution in [0.1, 0.15) is 18.5 Å². The molecule has 74 valence electrons. The van der Waals surface area contributed by atoms with Gasteiger partial charge in [-0.25, -0.2) is 0 Å². The molecule has 2 aromatic rings. The average molecular weight is 190 g/mol. The van der Waals surface area contributed by atoms with E-state index in [2.05, 4.69) is 17.2 Å². The van der Waals surface area contributed by atoms with Gasteiger partial charge in [0.2, 0.25) is 0 Å². The average Bonchev–Trinajstić information content (AvgIpc) is 2.62. The maximum Gasteiger partial charge on any atom is 0.139 e. The normalized spacial score (nSPS) is 13.3. The smallest absolute Gasteiger partial charge is 0.139 e. The summed E-state index contributed by atoms with van der Waals surface area (Å²) >= 11 is 0. The van der Waals surface area contributed by atoms with Crippen molar-refractivity contribution in [3.63, 3.8) is 0 Å². The van der Waals surface area contributed by atoms with Gasteiger partial charge in [-0.3, -0.25) is 0 Å². The molecule has 1 aromatic heterocycles. The van der Waals surface area contributed by atoms with Crippen molar-refractivity contribution < 1.29 is 5.11 Å². The molecule has 1 unspecified atom stereocenters. The molecule has 0 fully saturated rings. The molecule has 0 spiro atoms. The Morgan fingerprint density at radius 2 is 2.21 bits per heavy atom. The molecule has 3 nitrogen and oxygen atoms in total. The lowest BCUT2D eigenvalue weighted by Gasteiger charge is -2.08. The van der Waals surface area contributed by atoms with Crippen LogP contribution in [0.15, 0.2) is 24.4 Å². The van der Waals surface area contributed by atoms with Gasteiger partial charge in [0.05, 0.1) is 5.52 Å². The minimum atomic E-state index is 0.283. The van der Waals surface area contributed by atoms with Crippen LogP contribution >= 0.6 is 0 Å². The van der Waals surface area contributed by atoms with Crippen LogP contribution in [0, 0.1) is 0 Å². The minimum absolute atomic E-state index is 0.283. The molecule has 0 saturated heterocycles. The van der Waals surface area contributed by atoms with E-state index in [4.69, 9.17) is 0 Å². The van der Waals surface area contributed by atoms with Crippen LogP contribution in [-0.4, -0.2) is 17.1 Å². The van der Waals surface area contributed by atoms with Crippen LogP contribution in [0.2, 0.25) is 0 Å². The summed E-state index contributed by atoms with van der Waals surface area (Å²) in [5.41, 5.74) is 1.99. The molecule has 0 amide bonds. The van der Waals surface area contributed by atoms with Crippen LogP contribution in [0.5, 0.6) is 5.75 Å². The Labute approximate surface area is 82.8 Å². The van der Waals surface area contributed by atoms with E-state index in [-0.39, 0.29) is 6.04 Å². The molecular weight excluding hydrogens is 176 g/mol. The Hall–Kier alpha value is -1.48. The fourth-order valence-electron chi connectivity index (χ4n) is 1.67. The van der Waals surface area contributed by atoms with Crippen LogP contribution in [0.25, 0.3) is 10.9 Å². The first-order valence-corrected chi connectivity index (χ1v) is 4.70. The molecule has 0 radical (unpaired) electrons. The van der Waals surface area contributed by atoms with E-state index < -0.39 is 0 Å². The number of aromatic amines is 1. The zero-order valence-corrected chi connectivity index (χ0v) is 8.33. The largest absolute Gasteiger partial charge is 0.506 e. The van der Waals surface area contributed by atoms with E-state index in [0.29, 0.717) is 5.75 Å². The molecule has 1 aromatic carbocycles. The third kappa shape index (κ3) is 1.26. The van der Waals surface area contributed by atoms with Crippen molar-refractivity contribution in [1.29, 1.82) is 0 Å². The van der Waals surface area contributed by atoms with E-state index >= 15 is 0 Å². The van der Waals surface area contributed by atoms with Crippen LogP contribution in [0.3, 0.4) is 0 Å². The molecular formula is C11H14N2O. The summed E-state index contributed by atoms with van der Waals surface area (Å²) in [6.07, 6.45) is 1.94. The number of rotatable bonds is 2. The van der Waals surface area contributed by atoms with Crippen molar-refractivity contribution >= 4 is 10.9 Å². The molecule has 1 atom stereocenters. The monoisotopic (exact) mass is 190 g/mol. The van der Waals surface area contributed by atoms with Crippen LogP contribution in [-0.2, 0) is 0 Å². The summed E-state index contributed by atoms with van der Waals surface area (Å²) in [5, 5.41) is 13.8. The van der Waals surface area contributed by atoms with Gasteiger partial charge in [-0.1, -0.05) is 12.1 Å². The number of H-pyrrole nitrogens is 1. The second-order valence-electron chi connectivity index (χ2n) is 3.45. The number of hydrogen-bond donors (Lipinski definition) is 3. The summed E-state index contributed by atoms with van der Waals surface area (Å²) < 4.78 is 0. The van der Waals surface area contributed by atoms with Crippen LogP contribution in [0.4, 0.5) is 0 Å². The SMILES string of the molecule is CNC(C)c1c[nH]c2c(O)cccc12. The van der Waals surface area contributed by atoms with E-state index in [0.717, 1.165) is 10.9 Å². The van der Waals surface area contributed by atoms with Crippen molar-refractivity contribution in [2.24, 2.45) is 0 Å². The lowest BCUT2D eigenvalue weighted by Crippen LogP contribution is -2.11.